The van der Waals surface area contributed by atoms with Gasteiger partial charge in [0.25, 0.3) is 15.9 Å². The van der Waals surface area contributed by atoms with Crippen molar-refractivity contribution in [2.45, 2.75) is 59.1 Å². The molecule has 0 saturated heterocycles. The number of pyridine rings is 2. The van der Waals surface area contributed by atoms with Crippen molar-refractivity contribution in [3.05, 3.63) is 65.6 Å². The van der Waals surface area contributed by atoms with Gasteiger partial charge in [-0.15, -0.1) is 0 Å². The summed E-state index contributed by atoms with van der Waals surface area (Å²) in [5.41, 5.74) is 1.18. The van der Waals surface area contributed by atoms with Crippen LogP contribution in [0.5, 0.6) is 11.6 Å². The lowest BCUT2D eigenvalue weighted by Crippen LogP contribution is -2.32. The van der Waals surface area contributed by atoms with Gasteiger partial charge in [0.05, 0.1) is 12.3 Å². The second kappa shape index (κ2) is 12.3. The van der Waals surface area contributed by atoms with E-state index in [0.717, 1.165) is 0 Å². The summed E-state index contributed by atoms with van der Waals surface area (Å²) in [6, 6.07) is 11.7. The fourth-order valence-corrected chi connectivity index (χ4v) is 4.63. The Morgan fingerprint density at radius 2 is 1.82 bits per heavy atom. The van der Waals surface area contributed by atoms with Crippen LogP contribution in [0.15, 0.2) is 53.6 Å². The second-order valence-corrected chi connectivity index (χ2v) is 11.4. The van der Waals surface area contributed by atoms with E-state index >= 15 is 0 Å². The Kier molecular flexibility index (Phi) is 9.43. The number of sulfonamides is 1. The van der Waals surface area contributed by atoms with Crippen LogP contribution in [0.3, 0.4) is 0 Å². The van der Waals surface area contributed by atoms with Crippen molar-refractivity contribution < 1.29 is 29.9 Å². The number of rotatable bonds is 11. The number of aromatic nitrogens is 2. The number of nitrogens with one attached hydrogen (secondary N) is 1. The van der Waals surface area contributed by atoms with Gasteiger partial charge < -0.3 is 9.47 Å². The maximum Gasteiger partial charge on any atom is 0.281 e. The van der Waals surface area contributed by atoms with Crippen LogP contribution < -0.4 is 14.2 Å². The summed E-state index contributed by atoms with van der Waals surface area (Å²) in [5, 5.41) is -0.278. The Balaban J connectivity index is 0.00000400. The molecule has 0 aliphatic rings. The molecule has 208 valence electrons. The molecule has 0 saturated carbocycles. The third-order valence-corrected chi connectivity index (χ3v) is 6.86. The number of amides is 1. The molecule has 1 unspecified atom stereocenters. The Hall–Kier alpha value is -3.53. The van der Waals surface area contributed by atoms with Gasteiger partial charge in [-0.05, 0) is 61.6 Å². The van der Waals surface area contributed by atoms with Crippen LogP contribution in [0.25, 0.3) is 11.3 Å². The lowest BCUT2D eigenvalue weighted by atomic mass is 10.0. The maximum absolute atomic E-state index is 14.4. The highest BCUT2D eigenvalue weighted by molar-refractivity contribution is 7.90. The van der Waals surface area contributed by atoms with Crippen LogP contribution in [0, 0.1) is 24.6 Å². The first-order chi connectivity index (χ1) is 17.9. The van der Waals surface area contributed by atoms with Crippen LogP contribution in [0.4, 0.5) is 4.39 Å². The highest BCUT2D eigenvalue weighted by atomic mass is 32.2. The largest absolute Gasteiger partial charge is 0.493 e. The average molecular weight is 548 g/mol. The molecule has 3 rings (SSSR count). The van der Waals surface area contributed by atoms with Crippen molar-refractivity contribution in [1.29, 1.82) is 0 Å². The number of carbonyl (C=O) groups is 1. The van der Waals surface area contributed by atoms with Crippen LogP contribution in [-0.4, -0.2) is 37.0 Å². The zero-order chi connectivity index (χ0) is 28.0. The van der Waals surface area contributed by atoms with E-state index in [-0.39, 0.29) is 37.3 Å². The Morgan fingerprint density at radius 3 is 2.45 bits per heavy atom. The van der Waals surface area contributed by atoms with E-state index in [2.05, 4.69) is 14.7 Å². The van der Waals surface area contributed by atoms with Crippen molar-refractivity contribution >= 4 is 15.9 Å². The number of aryl methyl sites for hydroxylation is 1. The summed E-state index contributed by atoms with van der Waals surface area (Å²) in [6.45, 7) is 11.9. The summed E-state index contributed by atoms with van der Waals surface area (Å²) < 4.78 is 53.9. The molecule has 0 spiro atoms. The third kappa shape index (κ3) is 7.50. The second-order valence-electron chi connectivity index (χ2n) is 9.79. The lowest BCUT2D eigenvalue weighted by molar-refractivity contribution is 0.0963. The van der Waals surface area contributed by atoms with Gasteiger partial charge in [-0.25, -0.2) is 19.1 Å². The van der Waals surface area contributed by atoms with Gasteiger partial charge in [-0.3, -0.25) is 4.79 Å². The first-order valence-corrected chi connectivity index (χ1v) is 14.0. The molecule has 2 heterocycles. The number of benzene rings is 1. The quantitative estimate of drug-likeness (QED) is 0.311. The molecule has 8 nitrogen and oxygen atoms in total. The minimum atomic E-state index is -4.24. The van der Waals surface area contributed by atoms with E-state index in [1.54, 1.807) is 25.1 Å². The Bertz CT molecular complexity index is 1400. The average Bonchev–Trinajstić information content (AvgIpc) is 2.85. The number of ether oxygens (including phenoxy) is 2. The van der Waals surface area contributed by atoms with Gasteiger partial charge in [0, 0.05) is 20.2 Å². The Labute approximate surface area is 226 Å². The van der Waals surface area contributed by atoms with E-state index in [1.165, 1.54) is 30.3 Å². The molecule has 0 radical (unpaired) electrons. The first kappa shape index (κ1) is 29.0. The predicted molar refractivity (Wildman–Crippen MR) is 147 cm³/mol. The number of hydrogen-bond acceptors (Lipinski definition) is 7. The van der Waals surface area contributed by atoms with Gasteiger partial charge in [0.15, 0.2) is 5.03 Å². The molecule has 0 aliphatic carbocycles. The van der Waals surface area contributed by atoms with Crippen molar-refractivity contribution in [3.8, 4) is 22.9 Å². The molecule has 2 aromatic heterocycles. The molecule has 1 aromatic carbocycles. The van der Waals surface area contributed by atoms with Crippen LogP contribution in [0.1, 0.15) is 59.9 Å². The highest BCUT2D eigenvalue weighted by Gasteiger charge is 2.25. The standard InChI is InChI=1S/C28H34FN3O5S.2H2/c1-7-25(18(4)5)37-28-23(27(33)32-38(34,35)26-10-8-9-19(6)30-26)11-12-24(31-28)20-13-21(29)15-22(14-20)36-16-17(2)3;;/h8-15,17-18,25H,7,16H2,1-6H3,(H,32,33);2*1H. The van der Waals surface area contributed by atoms with Crippen molar-refractivity contribution in [2.24, 2.45) is 11.8 Å². The number of carbonyl (C=O) groups excluding carboxylic acids is 1. The molecule has 3 aromatic rings. The van der Waals surface area contributed by atoms with Crippen LogP contribution in [-0.2, 0) is 10.0 Å². The number of nitrogens with zero attached hydrogens (tertiary/aromatic N) is 2. The normalized spacial score (nSPS) is 12.4. The number of hydrogen-bond donors (Lipinski definition) is 1. The number of halogens is 1. The minimum Gasteiger partial charge on any atom is -0.493 e. The molecule has 1 amide bonds. The molecular weight excluding hydrogens is 509 g/mol. The lowest BCUT2D eigenvalue weighted by Gasteiger charge is -2.22. The third-order valence-electron chi connectivity index (χ3n) is 5.63. The topological polar surface area (TPSA) is 107 Å². The van der Waals surface area contributed by atoms with E-state index in [0.29, 0.717) is 35.7 Å². The molecule has 10 heteroatoms. The SMILES string of the molecule is CCC(Oc1nc(-c2cc(F)cc(OCC(C)C)c2)ccc1C(=O)NS(=O)(=O)c1cccc(C)n1)C(C)C.[HH].[HH]. The fraction of sp³-hybridized carbons (Fsp3) is 0.393. The van der Waals surface area contributed by atoms with Crippen molar-refractivity contribution in [2.75, 3.05) is 6.61 Å². The zero-order valence-corrected chi connectivity index (χ0v) is 23.3. The van der Waals surface area contributed by atoms with Gasteiger partial charge in [0.2, 0.25) is 5.88 Å². The van der Waals surface area contributed by atoms with Gasteiger partial charge in [-0.1, -0.05) is 40.7 Å². The Morgan fingerprint density at radius 1 is 1.08 bits per heavy atom. The van der Waals surface area contributed by atoms with Gasteiger partial charge >= 0.3 is 0 Å². The summed E-state index contributed by atoms with van der Waals surface area (Å²) in [5.74, 6) is -0.774. The van der Waals surface area contributed by atoms with Crippen molar-refractivity contribution in [1.82, 2.24) is 14.7 Å². The summed E-state index contributed by atoms with van der Waals surface area (Å²) >= 11 is 0. The first-order valence-electron chi connectivity index (χ1n) is 12.5. The molecule has 0 fully saturated rings. The molecule has 1 atom stereocenters. The minimum absolute atomic E-state index is 0. The van der Waals surface area contributed by atoms with Gasteiger partial charge in [-0.2, -0.15) is 8.42 Å². The van der Waals surface area contributed by atoms with E-state index in [4.69, 9.17) is 9.47 Å². The van der Waals surface area contributed by atoms with E-state index in [1.807, 2.05) is 34.6 Å². The summed E-state index contributed by atoms with van der Waals surface area (Å²) in [6.07, 6.45) is 0.334. The van der Waals surface area contributed by atoms with Gasteiger partial charge in [0.1, 0.15) is 23.2 Å². The molecule has 38 heavy (non-hydrogen) atoms. The van der Waals surface area contributed by atoms with Crippen molar-refractivity contribution in [3.63, 3.8) is 0 Å². The maximum atomic E-state index is 14.4. The summed E-state index contributed by atoms with van der Waals surface area (Å²) in [7, 11) is -4.24. The predicted octanol–water partition coefficient (Wildman–Crippen LogP) is 6.05. The smallest absolute Gasteiger partial charge is 0.281 e. The molecule has 1 N–H and O–H groups in total. The molecular formula is C28H38FN3O5S. The van der Waals surface area contributed by atoms with Crippen LogP contribution >= 0.6 is 0 Å². The molecule has 0 aliphatic heterocycles. The van der Waals surface area contributed by atoms with E-state index in [9.17, 15) is 17.6 Å². The molecule has 0 bridgehead atoms. The summed E-state index contributed by atoms with van der Waals surface area (Å²) in [4.78, 5) is 21.7. The monoisotopic (exact) mass is 547 g/mol. The van der Waals surface area contributed by atoms with E-state index < -0.39 is 21.7 Å². The fourth-order valence-electron chi connectivity index (χ4n) is 3.65. The highest BCUT2D eigenvalue weighted by Crippen LogP contribution is 2.29. The zero-order valence-electron chi connectivity index (χ0n) is 22.5. The van der Waals surface area contributed by atoms with Crippen LogP contribution in [0.2, 0.25) is 0 Å².